The Morgan fingerprint density at radius 3 is 2.73 bits per heavy atom. The normalized spacial score (nSPS) is 17.7. The summed E-state index contributed by atoms with van der Waals surface area (Å²) in [4.78, 5) is 9.44. The van der Waals surface area contributed by atoms with Crippen LogP contribution in [-0.4, -0.2) is 33.1 Å². The summed E-state index contributed by atoms with van der Waals surface area (Å²) in [6, 6.07) is 15.1. The summed E-state index contributed by atoms with van der Waals surface area (Å²) in [5.41, 5.74) is 6.46. The van der Waals surface area contributed by atoms with Gasteiger partial charge in [0.2, 0.25) is 0 Å². The zero-order valence-corrected chi connectivity index (χ0v) is 14.9. The van der Waals surface area contributed by atoms with Gasteiger partial charge in [0.1, 0.15) is 5.52 Å². The number of nitrogens with zero attached hydrogens (tertiary/aromatic N) is 5. The van der Waals surface area contributed by atoms with E-state index in [1.807, 2.05) is 12.1 Å². The molecule has 0 saturated heterocycles. The second kappa shape index (κ2) is 6.16. The van der Waals surface area contributed by atoms with Crippen LogP contribution in [0.1, 0.15) is 48.4 Å². The van der Waals surface area contributed by atoms with E-state index in [1.165, 1.54) is 31.2 Å². The minimum Gasteiger partial charge on any atom is -0.260 e. The van der Waals surface area contributed by atoms with Gasteiger partial charge in [-0.1, -0.05) is 48.4 Å². The van der Waals surface area contributed by atoms with E-state index in [2.05, 4.69) is 57.2 Å². The quantitative estimate of drug-likeness (QED) is 0.719. The van der Waals surface area contributed by atoms with Crippen molar-refractivity contribution in [3.05, 3.63) is 59.2 Å². The fourth-order valence-electron chi connectivity index (χ4n) is 4.01. The predicted octanol–water partition coefficient (Wildman–Crippen LogP) is 4.10. The lowest BCUT2D eigenvalue weighted by molar-refractivity contribution is 0.467. The van der Waals surface area contributed by atoms with Gasteiger partial charge in [0, 0.05) is 11.1 Å². The van der Waals surface area contributed by atoms with E-state index in [0.29, 0.717) is 12.6 Å². The lowest BCUT2D eigenvalue weighted by atomic mass is 10.1. The van der Waals surface area contributed by atoms with Crippen molar-refractivity contribution in [2.24, 2.45) is 9.98 Å². The standard InChI is InChI=1S/C21H21N5/c1-14-6-2-5-9-17(14)21-22-13-19(23-21)15-10-11-20-18(12-15)24-25-26(20)16-7-3-4-8-16/h2,5-6,9-12,16H,3-4,7-8,13H2,1H3. The molecular weight excluding hydrogens is 322 g/mol. The molecule has 1 aliphatic heterocycles. The summed E-state index contributed by atoms with van der Waals surface area (Å²) in [6.45, 7) is 2.71. The first-order valence-electron chi connectivity index (χ1n) is 9.33. The highest BCUT2D eigenvalue weighted by Crippen LogP contribution is 2.31. The third-order valence-electron chi connectivity index (χ3n) is 5.48. The number of aromatic nitrogens is 3. The van der Waals surface area contributed by atoms with Crippen LogP contribution in [0.5, 0.6) is 0 Å². The molecule has 0 amide bonds. The third kappa shape index (κ3) is 2.55. The van der Waals surface area contributed by atoms with E-state index in [9.17, 15) is 0 Å². The van der Waals surface area contributed by atoms with Gasteiger partial charge in [-0.2, -0.15) is 0 Å². The van der Waals surface area contributed by atoms with Crippen molar-refractivity contribution in [2.45, 2.75) is 38.6 Å². The number of amidine groups is 1. The molecule has 130 valence electrons. The van der Waals surface area contributed by atoms with Gasteiger partial charge >= 0.3 is 0 Å². The van der Waals surface area contributed by atoms with Crippen LogP contribution in [0.2, 0.25) is 0 Å². The summed E-state index contributed by atoms with van der Waals surface area (Å²) in [6.07, 6.45) is 5.00. The Hall–Kier alpha value is -2.82. The van der Waals surface area contributed by atoms with Crippen LogP contribution in [-0.2, 0) is 0 Å². The molecule has 1 saturated carbocycles. The maximum absolute atomic E-state index is 4.79. The highest BCUT2D eigenvalue weighted by atomic mass is 15.4. The molecule has 2 heterocycles. The molecule has 0 spiro atoms. The van der Waals surface area contributed by atoms with Crippen LogP contribution >= 0.6 is 0 Å². The molecule has 1 aromatic heterocycles. The number of hydrogen-bond donors (Lipinski definition) is 0. The molecule has 2 aliphatic rings. The van der Waals surface area contributed by atoms with Crippen molar-refractivity contribution < 1.29 is 0 Å². The molecule has 5 heteroatoms. The second-order valence-corrected chi connectivity index (χ2v) is 7.19. The van der Waals surface area contributed by atoms with E-state index >= 15 is 0 Å². The fraction of sp³-hybridized carbons (Fsp3) is 0.333. The molecule has 0 unspecified atom stereocenters. The molecule has 0 bridgehead atoms. The second-order valence-electron chi connectivity index (χ2n) is 7.19. The Bertz CT molecular complexity index is 1040. The maximum Gasteiger partial charge on any atom is 0.155 e. The fourth-order valence-corrected chi connectivity index (χ4v) is 4.01. The Kier molecular flexibility index (Phi) is 3.66. The van der Waals surface area contributed by atoms with Gasteiger partial charge in [0.25, 0.3) is 0 Å². The molecule has 0 radical (unpaired) electrons. The van der Waals surface area contributed by atoms with Gasteiger partial charge in [0.15, 0.2) is 5.84 Å². The molecule has 2 aromatic carbocycles. The van der Waals surface area contributed by atoms with E-state index in [1.54, 1.807) is 0 Å². The third-order valence-corrected chi connectivity index (χ3v) is 5.48. The largest absolute Gasteiger partial charge is 0.260 e. The lowest BCUT2D eigenvalue weighted by Crippen LogP contribution is -2.06. The Balaban J connectivity index is 1.47. The average molecular weight is 343 g/mol. The number of benzene rings is 2. The first-order valence-corrected chi connectivity index (χ1v) is 9.33. The van der Waals surface area contributed by atoms with Gasteiger partial charge in [-0.3, -0.25) is 4.99 Å². The smallest absolute Gasteiger partial charge is 0.155 e. The molecule has 5 rings (SSSR count). The molecule has 26 heavy (non-hydrogen) atoms. The summed E-state index contributed by atoms with van der Waals surface area (Å²) in [5.74, 6) is 0.827. The number of fused-ring (bicyclic) bond motifs is 1. The first kappa shape index (κ1) is 15.4. The summed E-state index contributed by atoms with van der Waals surface area (Å²) in [7, 11) is 0. The summed E-state index contributed by atoms with van der Waals surface area (Å²) < 4.78 is 2.11. The summed E-state index contributed by atoms with van der Waals surface area (Å²) >= 11 is 0. The van der Waals surface area contributed by atoms with E-state index in [4.69, 9.17) is 4.99 Å². The van der Waals surface area contributed by atoms with Crippen molar-refractivity contribution in [3.63, 3.8) is 0 Å². The Morgan fingerprint density at radius 2 is 1.88 bits per heavy atom. The van der Waals surface area contributed by atoms with E-state index < -0.39 is 0 Å². The van der Waals surface area contributed by atoms with E-state index in [0.717, 1.165) is 33.7 Å². The van der Waals surface area contributed by atoms with Crippen LogP contribution in [0.4, 0.5) is 0 Å². The highest BCUT2D eigenvalue weighted by molar-refractivity contribution is 6.18. The zero-order valence-electron chi connectivity index (χ0n) is 14.9. The van der Waals surface area contributed by atoms with Crippen LogP contribution in [0.15, 0.2) is 52.4 Å². The van der Waals surface area contributed by atoms with Gasteiger partial charge in [0.05, 0.1) is 23.8 Å². The van der Waals surface area contributed by atoms with Crippen LogP contribution in [0, 0.1) is 6.92 Å². The zero-order chi connectivity index (χ0) is 17.5. The van der Waals surface area contributed by atoms with Crippen molar-refractivity contribution >= 4 is 22.6 Å². The van der Waals surface area contributed by atoms with Gasteiger partial charge in [-0.15, -0.1) is 5.10 Å². The van der Waals surface area contributed by atoms with Crippen molar-refractivity contribution in [1.82, 2.24) is 15.0 Å². The van der Waals surface area contributed by atoms with Crippen LogP contribution in [0.25, 0.3) is 11.0 Å². The van der Waals surface area contributed by atoms with Gasteiger partial charge < -0.3 is 0 Å². The molecule has 5 nitrogen and oxygen atoms in total. The summed E-state index contributed by atoms with van der Waals surface area (Å²) in [5, 5.41) is 8.82. The Morgan fingerprint density at radius 1 is 1.04 bits per heavy atom. The van der Waals surface area contributed by atoms with Crippen LogP contribution < -0.4 is 0 Å². The molecule has 0 atom stereocenters. The van der Waals surface area contributed by atoms with Gasteiger partial charge in [-0.25, -0.2) is 9.67 Å². The molecular formula is C21H21N5. The lowest BCUT2D eigenvalue weighted by Gasteiger charge is -2.09. The number of aliphatic imine (C=N–C) groups is 2. The number of hydrogen-bond acceptors (Lipinski definition) is 4. The number of aryl methyl sites for hydroxylation is 1. The molecule has 1 fully saturated rings. The van der Waals surface area contributed by atoms with E-state index in [-0.39, 0.29) is 0 Å². The van der Waals surface area contributed by atoms with Crippen molar-refractivity contribution in [2.75, 3.05) is 6.54 Å². The monoisotopic (exact) mass is 343 g/mol. The number of rotatable bonds is 3. The highest BCUT2D eigenvalue weighted by Gasteiger charge is 2.21. The van der Waals surface area contributed by atoms with Gasteiger partial charge in [-0.05, 0) is 37.5 Å². The average Bonchev–Trinajstić information content (AvgIpc) is 3.41. The molecule has 0 N–H and O–H groups in total. The predicted molar refractivity (Wildman–Crippen MR) is 104 cm³/mol. The Labute approximate surface area is 152 Å². The molecule has 3 aromatic rings. The topological polar surface area (TPSA) is 55.4 Å². The van der Waals surface area contributed by atoms with Crippen LogP contribution in [0.3, 0.4) is 0 Å². The minimum atomic E-state index is 0.505. The maximum atomic E-state index is 4.79. The molecule has 1 aliphatic carbocycles. The first-order chi connectivity index (χ1) is 12.8. The SMILES string of the molecule is Cc1ccccc1C1=NCC(c2ccc3c(c2)nnn3C2CCCC2)=N1. The van der Waals surface area contributed by atoms with Crippen molar-refractivity contribution in [3.8, 4) is 0 Å². The van der Waals surface area contributed by atoms with Crippen molar-refractivity contribution in [1.29, 1.82) is 0 Å². The minimum absolute atomic E-state index is 0.505.